The first-order valence-corrected chi connectivity index (χ1v) is 10.2. The first kappa shape index (κ1) is 17.5. The maximum absolute atomic E-state index is 12.6. The van der Waals surface area contributed by atoms with Gasteiger partial charge >= 0.3 is 0 Å². The number of hydrogen-bond donors (Lipinski definition) is 1. The maximum Gasteiger partial charge on any atom is 0.244 e. The summed E-state index contributed by atoms with van der Waals surface area (Å²) in [5, 5.41) is 3.20. The van der Waals surface area contributed by atoms with Crippen LogP contribution in [0.15, 0.2) is 34.7 Å². The van der Waals surface area contributed by atoms with Crippen LogP contribution in [0.1, 0.15) is 12.8 Å². The van der Waals surface area contributed by atoms with Gasteiger partial charge in [-0.25, -0.2) is 18.1 Å². The van der Waals surface area contributed by atoms with E-state index in [0.717, 1.165) is 24.5 Å². The minimum Gasteiger partial charge on any atom is -0.495 e. The van der Waals surface area contributed by atoms with E-state index in [-0.39, 0.29) is 16.7 Å². The van der Waals surface area contributed by atoms with Crippen molar-refractivity contribution in [2.75, 3.05) is 25.1 Å². The van der Waals surface area contributed by atoms with E-state index in [4.69, 9.17) is 16.3 Å². The minimum atomic E-state index is -3.71. The van der Waals surface area contributed by atoms with E-state index in [1.54, 1.807) is 29.7 Å². The molecule has 0 radical (unpaired) electrons. The van der Waals surface area contributed by atoms with Gasteiger partial charge in [-0.1, -0.05) is 11.6 Å². The van der Waals surface area contributed by atoms with Gasteiger partial charge in [-0.15, -0.1) is 11.3 Å². The Kier molecular flexibility index (Phi) is 5.29. The standard InChI is InChI=1S/C15H18ClN3O3S2/c1-22-13-5-4-11(16)9-14(13)24(20,21)18-10-12-3-2-7-19(12)15-17-6-8-23-15/h4-6,8-9,12,18H,2-3,7,10H2,1H3/t12-/m1/s1. The van der Waals surface area contributed by atoms with Crippen molar-refractivity contribution in [3.63, 3.8) is 0 Å². The Morgan fingerprint density at radius 3 is 3.04 bits per heavy atom. The molecule has 0 bridgehead atoms. The molecule has 1 saturated heterocycles. The lowest BCUT2D eigenvalue weighted by Crippen LogP contribution is -2.40. The Morgan fingerprint density at radius 1 is 1.50 bits per heavy atom. The first-order chi connectivity index (χ1) is 11.5. The van der Waals surface area contributed by atoms with Crippen molar-refractivity contribution in [2.45, 2.75) is 23.8 Å². The molecular formula is C15H18ClN3O3S2. The normalized spacial score (nSPS) is 18.1. The highest BCUT2D eigenvalue weighted by Gasteiger charge is 2.28. The summed E-state index contributed by atoms with van der Waals surface area (Å²) in [5.41, 5.74) is 0. The number of benzene rings is 1. The number of aromatic nitrogens is 1. The van der Waals surface area contributed by atoms with Crippen molar-refractivity contribution in [1.82, 2.24) is 9.71 Å². The summed E-state index contributed by atoms with van der Waals surface area (Å²) in [4.78, 5) is 6.53. The molecule has 0 unspecified atom stereocenters. The second-order valence-electron chi connectivity index (χ2n) is 5.45. The Morgan fingerprint density at radius 2 is 2.33 bits per heavy atom. The molecule has 2 aromatic rings. The van der Waals surface area contributed by atoms with Gasteiger partial charge in [0.2, 0.25) is 10.0 Å². The molecule has 6 nitrogen and oxygen atoms in total. The molecule has 0 saturated carbocycles. The summed E-state index contributed by atoms with van der Waals surface area (Å²) >= 11 is 7.50. The number of thiazole rings is 1. The Labute approximate surface area is 150 Å². The highest BCUT2D eigenvalue weighted by molar-refractivity contribution is 7.89. The predicted molar refractivity (Wildman–Crippen MR) is 95.7 cm³/mol. The molecule has 130 valence electrons. The van der Waals surface area contributed by atoms with Crippen molar-refractivity contribution >= 4 is 38.1 Å². The molecular weight excluding hydrogens is 370 g/mol. The SMILES string of the molecule is COc1ccc(Cl)cc1S(=O)(=O)NC[C@H]1CCCN1c1nccs1. The molecule has 0 aliphatic carbocycles. The van der Waals surface area contributed by atoms with E-state index < -0.39 is 10.0 Å². The Hall–Kier alpha value is -1.35. The van der Waals surface area contributed by atoms with Gasteiger partial charge in [0, 0.05) is 35.7 Å². The third-order valence-electron chi connectivity index (χ3n) is 3.97. The number of ether oxygens (including phenoxy) is 1. The monoisotopic (exact) mass is 387 g/mol. The molecule has 1 aliphatic heterocycles. The zero-order chi connectivity index (χ0) is 17.2. The largest absolute Gasteiger partial charge is 0.495 e. The van der Waals surface area contributed by atoms with Gasteiger partial charge in [0.1, 0.15) is 10.6 Å². The van der Waals surface area contributed by atoms with Gasteiger partial charge in [0.15, 0.2) is 5.13 Å². The number of sulfonamides is 1. The predicted octanol–water partition coefficient (Wildman–Crippen LogP) is 2.75. The molecule has 0 amide bonds. The van der Waals surface area contributed by atoms with E-state index in [9.17, 15) is 8.42 Å². The first-order valence-electron chi connectivity index (χ1n) is 7.50. The van der Waals surface area contributed by atoms with E-state index in [2.05, 4.69) is 14.6 Å². The molecule has 0 spiro atoms. The van der Waals surface area contributed by atoms with Crippen LogP contribution in [-0.4, -0.2) is 39.6 Å². The summed E-state index contributed by atoms with van der Waals surface area (Å²) in [6.45, 7) is 1.21. The molecule has 24 heavy (non-hydrogen) atoms. The van der Waals surface area contributed by atoms with Crippen molar-refractivity contribution in [2.24, 2.45) is 0 Å². The second-order valence-corrected chi connectivity index (χ2v) is 8.50. The zero-order valence-corrected chi connectivity index (χ0v) is 15.5. The highest BCUT2D eigenvalue weighted by atomic mass is 35.5. The fraction of sp³-hybridized carbons (Fsp3) is 0.400. The zero-order valence-electron chi connectivity index (χ0n) is 13.1. The molecule has 1 aliphatic rings. The quantitative estimate of drug-likeness (QED) is 0.825. The summed E-state index contributed by atoms with van der Waals surface area (Å²) in [6, 6.07) is 4.64. The molecule has 1 N–H and O–H groups in total. The number of hydrogen-bond acceptors (Lipinski definition) is 6. The third-order valence-corrected chi connectivity index (χ3v) is 6.45. The van der Waals surface area contributed by atoms with Crippen molar-refractivity contribution in [1.29, 1.82) is 0 Å². The summed E-state index contributed by atoms with van der Waals surface area (Å²) in [5.74, 6) is 0.273. The van der Waals surface area contributed by atoms with Crippen LogP contribution in [0.2, 0.25) is 5.02 Å². The van der Waals surface area contributed by atoms with Gasteiger partial charge in [-0.3, -0.25) is 0 Å². The molecule has 1 aromatic heterocycles. The average molecular weight is 388 g/mol. The van der Waals surface area contributed by atoms with Gasteiger partial charge in [0.25, 0.3) is 0 Å². The third kappa shape index (κ3) is 3.66. The molecule has 3 rings (SSSR count). The molecule has 1 atom stereocenters. The van der Waals surface area contributed by atoms with Crippen LogP contribution in [-0.2, 0) is 10.0 Å². The fourth-order valence-electron chi connectivity index (χ4n) is 2.80. The second kappa shape index (κ2) is 7.26. The minimum absolute atomic E-state index is 0.0521. The van der Waals surface area contributed by atoms with Crippen molar-refractivity contribution in [3.05, 3.63) is 34.8 Å². The van der Waals surface area contributed by atoms with E-state index in [1.165, 1.54) is 13.2 Å². The Bertz CT molecular complexity index is 796. The van der Waals surface area contributed by atoms with Gasteiger partial charge in [-0.05, 0) is 31.0 Å². The summed E-state index contributed by atoms with van der Waals surface area (Å²) in [6.07, 6.45) is 3.71. The number of rotatable bonds is 6. The van der Waals surface area contributed by atoms with Crippen molar-refractivity contribution < 1.29 is 13.2 Å². The molecule has 2 heterocycles. The van der Waals surface area contributed by atoms with E-state index in [1.807, 2.05) is 5.38 Å². The highest BCUT2D eigenvalue weighted by Crippen LogP contribution is 2.29. The number of methoxy groups -OCH3 is 1. The average Bonchev–Trinajstić information content (AvgIpc) is 3.24. The lowest BCUT2D eigenvalue weighted by molar-refractivity contribution is 0.402. The topological polar surface area (TPSA) is 71.5 Å². The number of nitrogens with zero attached hydrogens (tertiary/aromatic N) is 2. The van der Waals surface area contributed by atoms with Crippen LogP contribution in [0.3, 0.4) is 0 Å². The van der Waals surface area contributed by atoms with Crippen LogP contribution in [0.5, 0.6) is 5.75 Å². The number of halogens is 1. The fourth-order valence-corrected chi connectivity index (χ4v) is 5.05. The van der Waals surface area contributed by atoms with E-state index in [0.29, 0.717) is 11.6 Å². The number of nitrogens with one attached hydrogen (secondary N) is 1. The van der Waals surface area contributed by atoms with E-state index >= 15 is 0 Å². The van der Waals surface area contributed by atoms with Crippen LogP contribution in [0.25, 0.3) is 0 Å². The van der Waals surface area contributed by atoms with Gasteiger partial charge in [-0.2, -0.15) is 0 Å². The molecule has 1 fully saturated rings. The summed E-state index contributed by atoms with van der Waals surface area (Å²) < 4.78 is 33.1. The lowest BCUT2D eigenvalue weighted by atomic mass is 10.2. The molecule has 9 heteroatoms. The lowest BCUT2D eigenvalue weighted by Gasteiger charge is -2.24. The van der Waals surface area contributed by atoms with Crippen LogP contribution in [0, 0.1) is 0 Å². The van der Waals surface area contributed by atoms with Crippen LogP contribution in [0.4, 0.5) is 5.13 Å². The smallest absolute Gasteiger partial charge is 0.244 e. The van der Waals surface area contributed by atoms with Gasteiger partial charge < -0.3 is 9.64 Å². The summed E-state index contributed by atoms with van der Waals surface area (Å²) in [7, 11) is -2.27. The van der Waals surface area contributed by atoms with Gasteiger partial charge in [0.05, 0.1) is 7.11 Å². The molecule has 1 aromatic carbocycles. The van der Waals surface area contributed by atoms with Crippen molar-refractivity contribution in [3.8, 4) is 5.75 Å². The maximum atomic E-state index is 12.6. The number of anilines is 1. The van der Waals surface area contributed by atoms with Crippen LogP contribution < -0.4 is 14.4 Å². The van der Waals surface area contributed by atoms with Crippen LogP contribution >= 0.6 is 22.9 Å². The Balaban J connectivity index is 1.75.